The van der Waals surface area contributed by atoms with Crippen LogP contribution in [0.2, 0.25) is 4.34 Å². The van der Waals surface area contributed by atoms with Gasteiger partial charge in [-0.25, -0.2) is 0 Å². The van der Waals surface area contributed by atoms with E-state index in [1.54, 1.807) is 11.3 Å². The predicted molar refractivity (Wildman–Crippen MR) is 69.3 cm³/mol. The highest BCUT2D eigenvalue weighted by molar-refractivity contribution is 7.16. The van der Waals surface area contributed by atoms with Gasteiger partial charge in [0.05, 0.1) is 16.0 Å². The van der Waals surface area contributed by atoms with Crippen molar-refractivity contribution in [3.8, 4) is 0 Å². The van der Waals surface area contributed by atoms with E-state index in [0.29, 0.717) is 0 Å². The Morgan fingerprint density at radius 2 is 2.44 bits per heavy atom. The summed E-state index contributed by atoms with van der Waals surface area (Å²) in [6.45, 7) is 6.14. The first-order valence-electron chi connectivity index (χ1n) is 5.78. The zero-order valence-corrected chi connectivity index (χ0v) is 11.3. The van der Waals surface area contributed by atoms with Crippen LogP contribution < -0.4 is 5.32 Å². The Morgan fingerprint density at radius 3 is 2.94 bits per heavy atom. The predicted octanol–water partition coefficient (Wildman–Crippen LogP) is 3.62. The number of hydrogen-bond acceptors (Lipinski definition) is 3. The van der Waals surface area contributed by atoms with Gasteiger partial charge in [0.1, 0.15) is 0 Å². The van der Waals surface area contributed by atoms with Crippen molar-refractivity contribution in [2.75, 3.05) is 13.2 Å². The first kappa shape index (κ1) is 12.4. The van der Waals surface area contributed by atoms with E-state index in [2.05, 4.69) is 25.2 Å². The van der Waals surface area contributed by atoms with Crippen LogP contribution >= 0.6 is 22.9 Å². The van der Waals surface area contributed by atoms with Crippen LogP contribution in [0.5, 0.6) is 0 Å². The van der Waals surface area contributed by atoms with Gasteiger partial charge < -0.3 is 10.1 Å². The van der Waals surface area contributed by atoms with Gasteiger partial charge in [-0.15, -0.1) is 11.3 Å². The summed E-state index contributed by atoms with van der Waals surface area (Å²) in [5.74, 6) is 0. The van der Waals surface area contributed by atoms with Gasteiger partial charge in [-0.1, -0.05) is 18.5 Å². The Labute approximate surface area is 106 Å². The fourth-order valence-electron chi connectivity index (χ4n) is 2.33. The summed E-state index contributed by atoms with van der Waals surface area (Å²) < 4.78 is 6.77. The van der Waals surface area contributed by atoms with Crippen molar-refractivity contribution < 1.29 is 4.74 Å². The molecule has 0 spiro atoms. The third-order valence-electron chi connectivity index (χ3n) is 3.15. The molecular weight excluding hydrogens is 242 g/mol. The van der Waals surface area contributed by atoms with E-state index in [4.69, 9.17) is 16.3 Å². The van der Waals surface area contributed by atoms with E-state index in [1.807, 2.05) is 6.07 Å². The molecule has 0 aliphatic carbocycles. The molecule has 1 aliphatic rings. The average Bonchev–Trinajstić information content (AvgIpc) is 2.85. The minimum absolute atomic E-state index is 0.0792. The maximum atomic E-state index is 6.01. The molecule has 1 aliphatic heterocycles. The van der Waals surface area contributed by atoms with Crippen molar-refractivity contribution >= 4 is 22.9 Å². The molecule has 2 rings (SSSR count). The third-order valence-corrected chi connectivity index (χ3v) is 4.44. The Hall–Kier alpha value is -0.0900. The van der Waals surface area contributed by atoms with Gasteiger partial charge in [0.25, 0.3) is 0 Å². The molecule has 0 bridgehead atoms. The lowest BCUT2D eigenvalue weighted by molar-refractivity contribution is -0.0111. The Morgan fingerprint density at radius 1 is 1.62 bits per heavy atom. The number of halogens is 1. The fourth-order valence-corrected chi connectivity index (χ4v) is 3.61. The van der Waals surface area contributed by atoms with E-state index in [-0.39, 0.29) is 11.6 Å². The normalized spacial score (nSPS) is 27.2. The maximum Gasteiger partial charge on any atom is 0.0931 e. The average molecular weight is 260 g/mol. The van der Waals surface area contributed by atoms with Crippen LogP contribution in [0.4, 0.5) is 0 Å². The maximum absolute atomic E-state index is 6.01. The van der Waals surface area contributed by atoms with Gasteiger partial charge >= 0.3 is 0 Å². The molecular formula is C12H18ClNOS. The van der Waals surface area contributed by atoms with Crippen LogP contribution in [0.1, 0.15) is 37.6 Å². The van der Waals surface area contributed by atoms with Crippen molar-refractivity contribution in [1.29, 1.82) is 0 Å². The van der Waals surface area contributed by atoms with E-state index in [1.165, 1.54) is 4.88 Å². The molecule has 4 heteroatoms. The first-order valence-corrected chi connectivity index (χ1v) is 6.98. The molecule has 0 radical (unpaired) electrons. The molecule has 1 aromatic heterocycles. The Bertz CT molecular complexity index is 347. The van der Waals surface area contributed by atoms with E-state index < -0.39 is 0 Å². The largest absolute Gasteiger partial charge is 0.373 e. The monoisotopic (exact) mass is 259 g/mol. The fraction of sp³-hybridized carbons (Fsp3) is 0.667. The minimum Gasteiger partial charge on any atom is -0.373 e. The van der Waals surface area contributed by atoms with Gasteiger partial charge in [0.15, 0.2) is 0 Å². The van der Waals surface area contributed by atoms with Crippen LogP contribution in [0.3, 0.4) is 0 Å². The molecule has 16 heavy (non-hydrogen) atoms. The van der Waals surface area contributed by atoms with Crippen molar-refractivity contribution in [3.63, 3.8) is 0 Å². The van der Waals surface area contributed by atoms with Crippen molar-refractivity contribution in [1.82, 2.24) is 5.32 Å². The second kappa shape index (κ2) is 5.05. The van der Waals surface area contributed by atoms with Gasteiger partial charge in [0, 0.05) is 11.5 Å². The van der Waals surface area contributed by atoms with E-state index in [0.717, 1.165) is 30.3 Å². The summed E-state index contributed by atoms with van der Waals surface area (Å²) in [7, 11) is 0. The number of hydrogen-bond donors (Lipinski definition) is 1. The van der Waals surface area contributed by atoms with E-state index in [9.17, 15) is 0 Å². The second-order valence-corrected chi connectivity index (χ2v) is 6.14. The van der Waals surface area contributed by atoms with Crippen LogP contribution in [0, 0.1) is 0 Å². The number of rotatable bonds is 4. The van der Waals surface area contributed by atoms with Gasteiger partial charge in [-0.3, -0.25) is 0 Å². The molecule has 2 unspecified atom stereocenters. The quantitative estimate of drug-likeness (QED) is 0.892. The molecule has 2 nitrogen and oxygen atoms in total. The molecule has 0 saturated carbocycles. The number of likely N-dealkylation sites (N-methyl/N-ethyl adjacent to an activating group) is 1. The number of nitrogens with one attached hydrogen (secondary N) is 1. The summed E-state index contributed by atoms with van der Waals surface area (Å²) in [6.07, 6.45) is 2.26. The minimum atomic E-state index is -0.0792. The van der Waals surface area contributed by atoms with Crippen LogP contribution in [-0.2, 0) is 4.74 Å². The van der Waals surface area contributed by atoms with Gasteiger partial charge in [-0.05, 0) is 38.4 Å². The summed E-state index contributed by atoms with van der Waals surface area (Å²) in [4.78, 5) is 1.27. The number of thiophene rings is 1. The van der Waals surface area contributed by atoms with Gasteiger partial charge in [-0.2, -0.15) is 0 Å². The summed E-state index contributed by atoms with van der Waals surface area (Å²) >= 11 is 7.65. The molecule has 0 aromatic carbocycles. The highest BCUT2D eigenvalue weighted by Gasteiger charge is 2.39. The highest BCUT2D eigenvalue weighted by Crippen LogP contribution is 2.40. The molecule has 1 saturated heterocycles. The van der Waals surface area contributed by atoms with Crippen molar-refractivity contribution in [2.45, 2.75) is 38.3 Å². The highest BCUT2D eigenvalue weighted by atomic mass is 35.5. The molecule has 2 atom stereocenters. The molecule has 1 fully saturated rings. The second-order valence-electron chi connectivity index (χ2n) is 4.40. The van der Waals surface area contributed by atoms with Gasteiger partial charge in [0.2, 0.25) is 0 Å². The lowest BCUT2D eigenvalue weighted by Crippen LogP contribution is -2.40. The van der Waals surface area contributed by atoms with Crippen LogP contribution in [0.25, 0.3) is 0 Å². The SMILES string of the molecule is CCNC(c1ccc(Cl)s1)C1(C)CCCO1. The van der Waals surface area contributed by atoms with E-state index >= 15 is 0 Å². The lowest BCUT2D eigenvalue weighted by atomic mass is 9.92. The third kappa shape index (κ3) is 2.43. The van der Waals surface area contributed by atoms with Crippen molar-refractivity contribution in [2.24, 2.45) is 0 Å². The smallest absolute Gasteiger partial charge is 0.0931 e. The van der Waals surface area contributed by atoms with Crippen LogP contribution in [-0.4, -0.2) is 18.8 Å². The van der Waals surface area contributed by atoms with Crippen LogP contribution in [0.15, 0.2) is 12.1 Å². The lowest BCUT2D eigenvalue weighted by Gasteiger charge is -2.33. The molecule has 90 valence electrons. The molecule has 1 N–H and O–H groups in total. The summed E-state index contributed by atoms with van der Waals surface area (Å²) in [5.41, 5.74) is -0.0792. The summed E-state index contributed by atoms with van der Waals surface area (Å²) in [5, 5.41) is 3.52. The Kier molecular flexibility index (Phi) is 3.90. The zero-order chi connectivity index (χ0) is 11.6. The first-order chi connectivity index (χ1) is 7.65. The topological polar surface area (TPSA) is 21.3 Å². The Balaban J connectivity index is 2.22. The molecule has 2 heterocycles. The zero-order valence-electron chi connectivity index (χ0n) is 9.75. The number of ether oxygens (including phenoxy) is 1. The van der Waals surface area contributed by atoms with Crippen molar-refractivity contribution in [3.05, 3.63) is 21.3 Å². The summed E-state index contributed by atoms with van der Waals surface area (Å²) in [6, 6.07) is 4.33. The molecule has 1 aromatic rings. The standard InChI is InChI=1S/C12H18ClNOS/c1-3-14-11(9-5-6-10(13)16-9)12(2)7-4-8-15-12/h5-6,11,14H,3-4,7-8H2,1-2H3. The molecule has 0 amide bonds.